The molecular weight excluding hydrogens is 236 g/mol. The van der Waals surface area contributed by atoms with Crippen LogP contribution in [0.25, 0.3) is 0 Å². The number of hydrogen-bond donors (Lipinski definition) is 0. The molecule has 0 saturated carbocycles. The zero-order valence-electron chi connectivity index (χ0n) is 9.99. The molecule has 0 fully saturated rings. The predicted molar refractivity (Wildman–Crippen MR) is 64.5 cm³/mol. The highest BCUT2D eigenvalue weighted by Crippen LogP contribution is 2.14. The molecule has 2 nitrogen and oxygen atoms in total. The first kappa shape index (κ1) is 12.5. The van der Waals surface area contributed by atoms with Crippen molar-refractivity contribution in [2.24, 2.45) is 0 Å². The number of nitrogens with zero attached hydrogens (tertiary/aromatic N) is 1. The number of ketones is 1. The number of halogens is 2. The first-order chi connectivity index (χ1) is 8.61. The van der Waals surface area contributed by atoms with Gasteiger partial charge < -0.3 is 4.57 Å². The van der Waals surface area contributed by atoms with E-state index < -0.39 is 11.6 Å². The second-order valence-electron chi connectivity index (χ2n) is 4.06. The Bertz CT molecular complexity index is 575. The smallest absolute Gasteiger partial charge is 0.164 e. The molecule has 0 atom stereocenters. The van der Waals surface area contributed by atoms with Gasteiger partial charge in [-0.1, -0.05) is 19.1 Å². The summed E-state index contributed by atoms with van der Waals surface area (Å²) in [4.78, 5) is 11.5. The second kappa shape index (κ2) is 5.12. The van der Waals surface area contributed by atoms with Gasteiger partial charge >= 0.3 is 0 Å². The lowest BCUT2D eigenvalue weighted by Crippen LogP contribution is -2.01. The molecule has 2 rings (SSSR count). The van der Waals surface area contributed by atoms with Crippen LogP contribution in [0.5, 0.6) is 0 Å². The Morgan fingerprint density at radius 1 is 1.28 bits per heavy atom. The Kier molecular flexibility index (Phi) is 3.55. The molecule has 1 aromatic heterocycles. The van der Waals surface area contributed by atoms with Crippen LogP contribution in [0.4, 0.5) is 8.78 Å². The molecule has 0 radical (unpaired) electrons. The minimum Gasteiger partial charge on any atom is -0.349 e. The highest BCUT2D eigenvalue weighted by Gasteiger charge is 2.09. The fraction of sp³-hybridized carbons (Fsp3) is 0.214. The fourth-order valence-electron chi connectivity index (χ4n) is 1.78. The van der Waals surface area contributed by atoms with Crippen LogP contribution in [0.3, 0.4) is 0 Å². The summed E-state index contributed by atoms with van der Waals surface area (Å²) < 4.78 is 28.2. The van der Waals surface area contributed by atoms with Gasteiger partial charge in [0.25, 0.3) is 0 Å². The van der Waals surface area contributed by atoms with E-state index in [-0.39, 0.29) is 17.9 Å². The first-order valence-corrected chi connectivity index (χ1v) is 5.73. The molecule has 2 aromatic rings. The molecule has 18 heavy (non-hydrogen) atoms. The van der Waals surface area contributed by atoms with Gasteiger partial charge in [0.15, 0.2) is 17.4 Å². The third-order valence-electron chi connectivity index (χ3n) is 2.78. The normalized spacial score (nSPS) is 10.6. The van der Waals surface area contributed by atoms with Crippen molar-refractivity contribution < 1.29 is 13.6 Å². The highest BCUT2D eigenvalue weighted by atomic mass is 19.2. The minimum atomic E-state index is -0.857. The van der Waals surface area contributed by atoms with Crippen LogP contribution in [0, 0.1) is 11.6 Å². The maximum Gasteiger partial charge on any atom is 0.164 e. The third kappa shape index (κ3) is 2.47. The number of aromatic nitrogens is 1. The summed E-state index contributed by atoms with van der Waals surface area (Å²) in [6.07, 6.45) is 3.77. The molecule has 4 heteroatoms. The molecule has 0 aliphatic heterocycles. The van der Waals surface area contributed by atoms with Crippen LogP contribution < -0.4 is 0 Å². The molecule has 0 aliphatic carbocycles. The van der Waals surface area contributed by atoms with Crippen molar-refractivity contribution in [2.75, 3.05) is 0 Å². The molecule has 1 aromatic carbocycles. The zero-order valence-corrected chi connectivity index (χ0v) is 9.99. The van der Waals surface area contributed by atoms with E-state index in [1.165, 1.54) is 12.1 Å². The molecule has 1 heterocycles. The number of hydrogen-bond acceptors (Lipinski definition) is 1. The molecule has 0 saturated heterocycles. The largest absolute Gasteiger partial charge is 0.349 e. The van der Waals surface area contributed by atoms with E-state index in [0.29, 0.717) is 12.0 Å². The van der Waals surface area contributed by atoms with Crippen LogP contribution in [0.15, 0.2) is 36.7 Å². The van der Waals surface area contributed by atoms with Gasteiger partial charge in [0, 0.05) is 29.9 Å². The minimum absolute atomic E-state index is 0.0356. The van der Waals surface area contributed by atoms with Gasteiger partial charge in [-0.05, 0) is 12.1 Å². The van der Waals surface area contributed by atoms with Crippen LogP contribution in [0.1, 0.15) is 29.3 Å². The van der Waals surface area contributed by atoms with Crippen molar-refractivity contribution in [3.63, 3.8) is 0 Å². The summed E-state index contributed by atoms with van der Waals surface area (Å²) in [6.45, 7) is 1.99. The van der Waals surface area contributed by atoms with Crippen LogP contribution in [-0.4, -0.2) is 10.4 Å². The first-order valence-electron chi connectivity index (χ1n) is 5.73. The van der Waals surface area contributed by atoms with E-state index >= 15 is 0 Å². The monoisotopic (exact) mass is 249 g/mol. The number of carbonyl (C=O) groups is 1. The number of Topliss-reactive ketones (excluding diaryl/α,β-unsaturated/α-hetero) is 1. The van der Waals surface area contributed by atoms with E-state index in [2.05, 4.69) is 0 Å². The van der Waals surface area contributed by atoms with E-state index in [9.17, 15) is 13.6 Å². The number of rotatable bonds is 4. The highest BCUT2D eigenvalue weighted by molar-refractivity contribution is 5.95. The van der Waals surface area contributed by atoms with Gasteiger partial charge in [0.1, 0.15) is 0 Å². The maximum absolute atomic E-state index is 13.5. The fourth-order valence-corrected chi connectivity index (χ4v) is 1.78. The van der Waals surface area contributed by atoms with Crippen molar-refractivity contribution in [3.8, 4) is 0 Å². The topological polar surface area (TPSA) is 22.0 Å². The van der Waals surface area contributed by atoms with Crippen molar-refractivity contribution in [1.82, 2.24) is 4.57 Å². The van der Waals surface area contributed by atoms with Gasteiger partial charge in [-0.3, -0.25) is 4.79 Å². The summed E-state index contributed by atoms with van der Waals surface area (Å²) in [5, 5.41) is 0. The molecular formula is C14H13F2NO. The van der Waals surface area contributed by atoms with Gasteiger partial charge in [0.2, 0.25) is 0 Å². The van der Waals surface area contributed by atoms with Crippen LogP contribution in [0.2, 0.25) is 0 Å². The summed E-state index contributed by atoms with van der Waals surface area (Å²) in [5.41, 5.74) is 0.857. The third-order valence-corrected chi connectivity index (χ3v) is 2.78. The molecule has 0 N–H and O–H groups in total. The van der Waals surface area contributed by atoms with Crippen molar-refractivity contribution in [1.29, 1.82) is 0 Å². The van der Waals surface area contributed by atoms with Crippen LogP contribution >= 0.6 is 0 Å². The standard InChI is InChI=1S/C14H13F2NO/c1-2-13(18)10-6-7-17(8-10)9-11-4-3-5-12(15)14(11)16/h3-8H,2,9H2,1H3. The molecule has 0 bridgehead atoms. The average Bonchev–Trinajstić information content (AvgIpc) is 2.82. The Balaban J connectivity index is 2.21. The Morgan fingerprint density at radius 3 is 2.78 bits per heavy atom. The molecule has 0 amide bonds. The molecule has 0 spiro atoms. The molecule has 94 valence electrons. The van der Waals surface area contributed by atoms with Gasteiger partial charge in [-0.2, -0.15) is 0 Å². The lowest BCUT2D eigenvalue weighted by atomic mass is 10.2. The lowest BCUT2D eigenvalue weighted by Gasteiger charge is -2.05. The Hall–Kier alpha value is -1.97. The van der Waals surface area contributed by atoms with Crippen LogP contribution in [-0.2, 0) is 6.54 Å². The quantitative estimate of drug-likeness (QED) is 0.761. The average molecular weight is 249 g/mol. The van der Waals surface area contributed by atoms with Crippen molar-refractivity contribution >= 4 is 5.78 Å². The van der Waals surface area contributed by atoms with Crippen molar-refractivity contribution in [2.45, 2.75) is 19.9 Å². The maximum atomic E-state index is 13.5. The van der Waals surface area contributed by atoms with Gasteiger partial charge in [-0.25, -0.2) is 8.78 Å². The SMILES string of the molecule is CCC(=O)c1ccn(Cc2cccc(F)c2F)c1. The van der Waals surface area contributed by atoms with E-state index in [0.717, 1.165) is 6.07 Å². The lowest BCUT2D eigenvalue weighted by molar-refractivity contribution is 0.0988. The predicted octanol–water partition coefficient (Wildman–Crippen LogP) is 3.41. The number of benzene rings is 1. The van der Waals surface area contributed by atoms with E-state index in [1.54, 1.807) is 30.0 Å². The second-order valence-corrected chi connectivity index (χ2v) is 4.06. The van der Waals surface area contributed by atoms with E-state index in [4.69, 9.17) is 0 Å². The Labute approximate surface area is 104 Å². The Morgan fingerprint density at radius 2 is 2.06 bits per heavy atom. The van der Waals surface area contributed by atoms with Gasteiger partial charge in [0.05, 0.1) is 6.54 Å². The summed E-state index contributed by atoms with van der Waals surface area (Å²) in [5.74, 6) is -1.66. The summed E-state index contributed by atoms with van der Waals surface area (Å²) >= 11 is 0. The van der Waals surface area contributed by atoms with Crippen molar-refractivity contribution in [3.05, 3.63) is 59.4 Å². The zero-order chi connectivity index (χ0) is 13.1. The molecule has 0 unspecified atom stereocenters. The van der Waals surface area contributed by atoms with E-state index in [1.807, 2.05) is 0 Å². The summed E-state index contributed by atoms with van der Waals surface area (Å²) in [6, 6.07) is 5.76. The molecule has 0 aliphatic rings. The number of carbonyl (C=O) groups excluding carboxylic acids is 1. The summed E-state index contributed by atoms with van der Waals surface area (Å²) in [7, 11) is 0. The van der Waals surface area contributed by atoms with Gasteiger partial charge in [-0.15, -0.1) is 0 Å².